The molecule has 2 fully saturated rings. The maximum absolute atomic E-state index is 11.5. The Bertz CT molecular complexity index is 226. The van der Waals surface area contributed by atoms with Crippen LogP contribution in [0.2, 0.25) is 0 Å². The minimum absolute atomic E-state index is 0.140. The molecule has 0 aromatic heterocycles. The van der Waals surface area contributed by atoms with Crippen molar-refractivity contribution in [1.29, 1.82) is 0 Å². The molecule has 1 aliphatic heterocycles. The van der Waals surface area contributed by atoms with Crippen LogP contribution < -0.4 is 0 Å². The fourth-order valence-corrected chi connectivity index (χ4v) is 3.16. The lowest BCUT2D eigenvalue weighted by Crippen LogP contribution is -2.47. The molecule has 1 heterocycles. The Labute approximate surface area is 91.8 Å². The summed E-state index contributed by atoms with van der Waals surface area (Å²) in [6.07, 6.45) is 5.09. The Kier molecular flexibility index (Phi) is 3.17. The van der Waals surface area contributed by atoms with Gasteiger partial charge in [-0.1, -0.05) is 19.8 Å². The minimum atomic E-state index is -0.140. The second kappa shape index (κ2) is 4.42. The van der Waals surface area contributed by atoms with Crippen LogP contribution in [0.3, 0.4) is 0 Å². The summed E-state index contributed by atoms with van der Waals surface area (Å²) < 4.78 is 4.82. The molecule has 0 N–H and O–H groups in total. The molecule has 0 aromatic carbocycles. The Hall–Kier alpha value is -0.730. The van der Waals surface area contributed by atoms with Gasteiger partial charge in [0.1, 0.15) is 0 Å². The first-order valence-electron chi connectivity index (χ1n) is 6.05. The maximum Gasteiger partial charge on any atom is 0.409 e. The van der Waals surface area contributed by atoms with E-state index in [4.69, 9.17) is 4.74 Å². The van der Waals surface area contributed by atoms with Crippen molar-refractivity contribution in [2.45, 2.75) is 32.6 Å². The molecule has 2 unspecified atom stereocenters. The number of likely N-dealkylation sites (tertiary alicyclic amines) is 1. The Morgan fingerprint density at radius 1 is 1.20 bits per heavy atom. The Morgan fingerprint density at radius 3 is 2.20 bits per heavy atom. The van der Waals surface area contributed by atoms with Crippen LogP contribution in [0.25, 0.3) is 0 Å². The summed E-state index contributed by atoms with van der Waals surface area (Å²) in [5, 5.41) is 0. The van der Waals surface area contributed by atoms with Crippen molar-refractivity contribution in [2.24, 2.45) is 17.8 Å². The molecule has 0 spiro atoms. The van der Waals surface area contributed by atoms with E-state index in [0.717, 1.165) is 19.0 Å². The third-order valence-electron chi connectivity index (χ3n) is 4.23. The summed E-state index contributed by atoms with van der Waals surface area (Å²) >= 11 is 0. The number of piperidine rings is 1. The molecule has 0 radical (unpaired) electrons. The van der Waals surface area contributed by atoms with Crippen molar-refractivity contribution in [3.8, 4) is 0 Å². The van der Waals surface area contributed by atoms with E-state index in [9.17, 15) is 4.79 Å². The first-order valence-corrected chi connectivity index (χ1v) is 6.05. The van der Waals surface area contributed by atoms with E-state index >= 15 is 0 Å². The maximum atomic E-state index is 11.5. The molecule has 3 nitrogen and oxygen atoms in total. The normalized spacial score (nSPS) is 35.9. The Balaban J connectivity index is 2.07. The zero-order chi connectivity index (χ0) is 10.8. The standard InChI is InChI=1S/C12H21NO2/c1-9-10-5-3-4-6-11(9)8-13(7-10)12(14)15-2/h9-11H,3-8H2,1-2H3. The lowest BCUT2D eigenvalue weighted by molar-refractivity contribution is 0.0574. The molecule has 15 heavy (non-hydrogen) atoms. The number of rotatable bonds is 0. The van der Waals surface area contributed by atoms with Gasteiger partial charge in [0.2, 0.25) is 0 Å². The van der Waals surface area contributed by atoms with Crippen molar-refractivity contribution >= 4 is 6.09 Å². The van der Waals surface area contributed by atoms with E-state index in [1.54, 1.807) is 0 Å². The highest BCUT2D eigenvalue weighted by molar-refractivity contribution is 5.67. The molecule has 2 aliphatic rings. The predicted octanol–water partition coefficient (Wildman–Crippen LogP) is 2.51. The summed E-state index contributed by atoms with van der Waals surface area (Å²) in [4.78, 5) is 13.4. The lowest BCUT2D eigenvalue weighted by atomic mass is 9.78. The molecule has 0 aromatic rings. The van der Waals surface area contributed by atoms with E-state index in [2.05, 4.69) is 6.92 Å². The smallest absolute Gasteiger partial charge is 0.409 e. The number of ether oxygens (including phenoxy) is 1. The monoisotopic (exact) mass is 211 g/mol. The van der Waals surface area contributed by atoms with Gasteiger partial charge < -0.3 is 9.64 Å². The quantitative estimate of drug-likeness (QED) is 0.616. The average Bonchev–Trinajstić information content (AvgIpc) is 2.38. The van der Waals surface area contributed by atoms with Crippen LogP contribution in [0, 0.1) is 17.8 Å². The first kappa shape index (κ1) is 10.8. The second-order valence-corrected chi connectivity index (χ2v) is 5.04. The van der Waals surface area contributed by atoms with E-state index in [-0.39, 0.29) is 6.09 Å². The van der Waals surface area contributed by atoms with Gasteiger partial charge in [-0.25, -0.2) is 4.79 Å². The summed E-state index contributed by atoms with van der Waals surface area (Å²) in [6, 6.07) is 0. The number of fused-ring (bicyclic) bond motifs is 2. The highest BCUT2D eigenvalue weighted by Crippen LogP contribution is 2.37. The zero-order valence-corrected chi connectivity index (χ0v) is 9.74. The molecule has 1 amide bonds. The van der Waals surface area contributed by atoms with Crippen LogP contribution >= 0.6 is 0 Å². The molecule has 1 saturated carbocycles. The zero-order valence-electron chi connectivity index (χ0n) is 9.74. The number of nitrogens with zero attached hydrogens (tertiary/aromatic N) is 1. The second-order valence-electron chi connectivity index (χ2n) is 5.04. The van der Waals surface area contributed by atoms with Crippen LogP contribution in [0.5, 0.6) is 0 Å². The third-order valence-corrected chi connectivity index (χ3v) is 4.23. The summed E-state index contributed by atoms with van der Waals surface area (Å²) in [5.41, 5.74) is 0. The van der Waals surface area contributed by atoms with Crippen LogP contribution in [-0.4, -0.2) is 31.2 Å². The molecule has 2 atom stereocenters. The molecule has 2 bridgehead atoms. The molecule has 1 aliphatic carbocycles. The highest BCUT2D eigenvalue weighted by Gasteiger charge is 2.37. The topological polar surface area (TPSA) is 29.5 Å². The van der Waals surface area contributed by atoms with Gasteiger partial charge in [0.15, 0.2) is 0 Å². The van der Waals surface area contributed by atoms with E-state index in [1.807, 2.05) is 4.90 Å². The molecule has 2 rings (SSSR count). The van der Waals surface area contributed by atoms with Crippen molar-refractivity contribution in [1.82, 2.24) is 4.90 Å². The van der Waals surface area contributed by atoms with Gasteiger partial charge in [0, 0.05) is 13.1 Å². The number of hydrogen-bond donors (Lipinski definition) is 0. The number of methoxy groups -OCH3 is 1. The third kappa shape index (κ3) is 2.11. The van der Waals surface area contributed by atoms with Crippen LogP contribution in [0.4, 0.5) is 4.79 Å². The van der Waals surface area contributed by atoms with Gasteiger partial charge in [0.05, 0.1) is 7.11 Å². The summed E-state index contributed by atoms with van der Waals surface area (Å²) in [6.45, 7) is 4.17. The first-order chi connectivity index (χ1) is 7.22. The van der Waals surface area contributed by atoms with Gasteiger partial charge in [0.25, 0.3) is 0 Å². The fraction of sp³-hybridized carbons (Fsp3) is 0.917. The summed E-state index contributed by atoms with van der Waals surface area (Å²) in [7, 11) is 1.48. The number of amides is 1. The highest BCUT2D eigenvalue weighted by atomic mass is 16.5. The van der Waals surface area contributed by atoms with Crippen molar-refractivity contribution in [3.63, 3.8) is 0 Å². The molecular formula is C12H21NO2. The van der Waals surface area contributed by atoms with Crippen molar-refractivity contribution in [3.05, 3.63) is 0 Å². The van der Waals surface area contributed by atoms with Crippen molar-refractivity contribution in [2.75, 3.05) is 20.2 Å². The van der Waals surface area contributed by atoms with E-state index in [1.165, 1.54) is 32.8 Å². The molecule has 3 heteroatoms. The van der Waals surface area contributed by atoms with Gasteiger partial charge in [-0.2, -0.15) is 0 Å². The Morgan fingerprint density at radius 2 is 1.73 bits per heavy atom. The number of hydrogen-bond acceptors (Lipinski definition) is 2. The van der Waals surface area contributed by atoms with Crippen LogP contribution in [0.1, 0.15) is 32.6 Å². The van der Waals surface area contributed by atoms with Crippen LogP contribution in [-0.2, 0) is 4.74 Å². The molecule has 1 saturated heterocycles. The minimum Gasteiger partial charge on any atom is -0.453 e. The van der Waals surface area contributed by atoms with Gasteiger partial charge >= 0.3 is 6.09 Å². The average molecular weight is 211 g/mol. The number of carbonyl (C=O) groups excluding carboxylic acids is 1. The SMILES string of the molecule is COC(=O)N1CC2CCCCC(C1)C2C. The summed E-state index contributed by atoms with van der Waals surface area (Å²) in [5.74, 6) is 2.18. The van der Waals surface area contributed by atoms with E-state index in [0.29, 0.717) is 11.8 Å². The van der Waals surface area contributed by atoms with Gasteiger partial charge in [-0.15, -0.1) is 0 Å². The molecule has 86 valence electrons. The van der Waals surface area contributed by atoms with E-state index < -0.39 is 0 Å². The van der Waals surface area contributed by atoms with Crippen molar-refractivity contribution < 1.29 is 9.53 Å². The predicted molar refractivity (Wildman–Crippen MR) is 58.6 cm³/mol. The lowest BCUT2D eigenvalue weighted by Gasteiger charge is -2.40. The molecular weight excluding hydrogens is 190 g/mol. The van der Waals surface area contributed by atoms with Crippen LogP contribution in [0.15, 0.2) is 0 Å². The fourth-order valence-electron chi connectivity index (χ4n) is 3.16. The van der Waals surface area contributed by atoms with Gasteiger partial charge in [-0.3, -0.25) is 0 Å². The largest absolute Gasteiger partial charge is 0.453 e. The van der Waals surface area contributed by atoms with Gasteiger partial charge in [-0.05, 0) is 30.6 Å². The number of carbonyl (C=O) groups is 1.